The summed E-state index contributed by atoms with van der Waals surface area (Å²) < 4.78 is 93.3. The Kier molecular flexibility index (Phi) is 8.43. The molecular formula is C27H21ClF6N2O4. The average molecular weight is 587 g/mol. The van der Waals surface area contributed by atoms with Gasteiger partial charge < -0.3 is 14.6 Å². The maximum Gasteiger partial charge on any atom is 0.422 e. The third-order valence-corrected chi connectivity index (χ3v) is 6.72. The summed E-state index contributed by atoms with van der Waals surface area (Å²) in [4.78, 5) is 15.4. The molecule has 0 spiro atoms. The molecule has 1 aromatic heterocycles. The number of carbonyl (C=O) groups is 1. The molecule has 0 aliphatic rings. The molecule has 6 nitrogen and oxygen atoms in total. The first kappa shape index (κ1) is 30.7. The van der Waals surface area contributed by atoms with E-state index in [9.17, 15) is 41.5 Å². The van der Waals surface area contributed by atoms with Crippen LogP contribution < -0.4 is 4.74 Å². The molecule has 0 saturated carbocycles. The molecule has 0 amide bonds. The molecular weight excluding hydrogens is 566 g/mol. The molecule has 3 rings (SSSR count). The van der Waals surface area contributed by atoms with Crippen molar-refractivity contribution in [1.82, 2.24) is 4.98 Å². The Balaban J connectivity index is 2.02. The minimum atomic E-state index is -5.17. The molecule has 2 atom stereocenters. The van der Waals surface area contributed by atoms with Crippen LogP contribution in [0, 0.1) is 25.2 Å². The average Bonchev–Trinajstić information content (AvgIpc) is 2.86. The van der Waals surface area contributed by atoms with Crippen molar-refractivity contribution < 1.29 is 45.7 Å². The van der Waals surface area contributed by atoms with E-state index in [1.807, 2.05) is 6.07 Å². The lowest BCUT2D eigenvalue weighted by Gasteiger charge is -2.37. The predicted octanol–water partition coefficient (Wildman–Crippen LogP) is 7.37. The predicted molar refractivity (Wildman–Crippen MR) is 131 cm³/mol. The van der Waals surface area contributed by atoms with Crippen molar-refractivity contribution in [1.29, 1.82) is 5.26 Å². The second-order valence-corrected chi connectivity index (χ2v) is 9.33. The van der Waals surface area contributed by atoms with E-state index >= 15 is 0 Å². The van der Waals surface area contributed by atoms with Crippen LogP contribution >= 0.6 is 11.6 Å². The van der Waals surface area contributed by atoms with E-state index in [0.717, 1.165) is 44.4 Å². The number of methoxy groups -OCH3 is 1. The van der Waals surface area contributed by atoms with E-state index in [2.05, 4.69) is 9.72 Å². The first-order chi connectivity index (χ1) is 18.4. The van der Waals surface area contributed by atoms with Crippen LogP contribution in [-0.4, -0.2) is 29.3 Å². The quantitative estimate of drug-likeness (QED) is 0.239. The number of alkyl halides is 6. The van der Waals surface area contributed by atoms with Crippen LogP contribution in [0.2, 0.25) is 5.02 Å². The lowest BCUT2D eigenvalue weighted by molar-refractivity contribution is -0.274. The van der Waals surface area contributed by atoms with Crippen molar-refractivity contribution in [3.63, 3.8) is 0 Å². The molecule has 13 heteroatoms. The van der Waals surface area contributed by atoms with Gasteiger partial charge in [-0.25, -0.2) is 9.78 Å². The summed E-state index contributed by atoms with van der Waals surface area (Å²) in [5.74, 6) is -3.69. The van der Waals surface area contributed by atoms with Gasteiger partial charge in [0, 0.05) is 23.2 Å². The lowest BCUT2D eigenvalue weighted by atomic mass is 9.76. The van der Waals surface area contributed by atoms with Crippen LogP contribution in [0.15, 0.2) is 42.6 Å². The Hall–Kier alpha value is -3.82. The number of ether oxygens (including phenoxy) is 2. The Labute approximate surface area is 229 Å². The number of pyridine rings is 1. The minimum Gasteiger partial charge on any atom is -0.465 e. The first-order valence-electron chi connectivity index (χ1n) is 11.4. The zero-order chi connectivity index (χ0) is 30.2. The third kappa shape index (κ3) is 5.71. The highest BCUT2D eigenvalue weighted by Gasteiger charge is 2.59. The number of halogens is 7. The Morgan fingerprint density at radius 1 is 1.07 bits per heavy atom. The van der Waals surface area contributed by atoms with E-state index in [-0.39, 0.29) is 33.0 Å². The van der Waals surface area contributed by atoms with Crippen LogP contribution in [-0.2, 0) is 16.5 Å². The number of esters is 1. The van der Waals surface area contributed by atoms with Gasteiger partial charge >= 0.3 is 18.3 Å². The van der Waals surface area contributed by atoms with E-state index < -0.39 is 52.4 Å². The van der Waals surface area contributed by atoms with Crippen molar-refractivity contribution in [2.75, 3.05) is 7.11 Å². The Morgan fingerprint density at radius 3 is 2.15 bits per heavy atom. The second-order valence-electron chi connectivity index (χ2n) is 8.93. The van der Waals surface area contributed by atoms with Gasteiger partial charge in [-0.05, 0) is 48.2 Å². The van der Waals surface area contributed by atoms with Gasteiger partial charge in [-0.1, -0.05) is 36.7 Å². The highest BCUT2D eigenvalue weighted by Crippen LogP contribution is 2.50. The molecule has 0 aliphatic carbocycles. The van der Waals surface area contributed by atoms with Crippen LogP contribution in [0.5, 0.6) is 11.6 Å². The molecule has 40 heavy (non-hydrogen) atoms. The molecule has 1 N–H and O–H groups in total. The van der Waals surface area contributed by atoms with Gasteiger partial charge in [0.1, 0.15) is 5.75 Å². The standard InChI is InChI=1S/C27H21ClF6N2O4/c1-13-7-16(8-14(2)19(13)11-35)25(38,27(32,33)34)15(3)18-6-5-17(9-22(18)28)40-23-10-21(26(29,30)31)20(12-36-23)24(37)39-4/h5-10,12,15,38H,1-4H3/t15-,25-/m0/s1. The molecule has 1 heterocycles. The SMILES string of the molecule is COC(=O)c1cnc(Oc2ccc([C@H](C)[C@](O)(c3cc(C)c(C#N)c(C)c3)C(F)(F)F)c(Cl)c2)cc1C(F)(F)F. The van der Waals surface area contributed by atoms with Gasteiger partial charge in [0.25, 0.3) is 0 Å². The monoisotopic (exact) mass is 586 g/mol. The zero-order valence-electron chi connectivity index (χ0n) is 21.3. The van der Waals surface area contributed by atoms with Crippen LogP contribution in [0.4, 0.5) is 26.3 Å². The number of hydrogen-bond acceptors (Lipinski definition) is 6. The second kappa shape index (κ2) is 11.0. The molecule has 2 aromatic carbocycles. The highest BCUT2D eigenvalue weighted by molar-refractivity contribution is 6.31. The first-order valence-corrected chi connectivity index (χ1v) is 11.8. The van der Waals surface area contributed by atoms with Crippen LogP contribution in [0.25, 0.3) is 0 Å². The van der Waals surface area contributed by atoms with Crippen LogP contribution in [0.3, 0.4) is 0 Å². The fourth-order valence-electron chi connectivity index (χ4n) is 4.29. The molecule has 0 radical (unpaired) electrons. The minimum absolute atomic E-state index is 0.140. The molecule has 0 unspecified atom stereocenters. The molecule has 0 saturated heterocycles. The summed E-state index contributed by atoms with van der Waals surface area (Å²) in [7, 11) is 0.904. The number of aryl methyl sites for hydroxylation is 2. The number of hydrogen-bond donors (Lipinski definition) is 1. The summed E-state index contributed by atoms with van der Waals surface area (Å²) in [6, 6.07) is 7.89. The summed E-state index contributed by atoms with van der Waals surface area (Å²) in [6.07, 6.45) is -9.50. The van der Waals surface area contributed by atoms with Crippen molar-refractivity contribution >= 4 is 17.6 Å². The summed E-state index contributed by atoms with van der Waals surface area (Å²) in [5.41, 5.74) is -5.60. The lowest BCUT2D eigenvalue weighted by Crippen LogP contribution is -2.46. The van der Waals surface area contributed by atoms with E-state index in [0.29, 0.717) is 12.3 Å². The molecule has 0 bridgehead atoms. The number of nitrogens with zero attached hydrogens (tertiary/aromatic N) is 2. The van der Waals surface area contributed by atoms with E-state index in [1.54, 1.807) is 0 Å². The number of rotatable bonds is 6. The number of aliphatic hydroxyl groups is 1. The van der Waals surface area contributed by atoms with Crippen molar-refractivity contribution in [3.05, 3.63) is 86.6 Å². The number of nitriles is 1. The smallest absolute Gasteiger partial charge is 0.422 e. The molecule has 0 fully saturated rings. The number of carbonyl (C=O) groups excluding carboxylic acids is 1. The molecule has 0 aliphatic heterocycles. The third-order valence-electron chi connectivity index (χ3n) is 6.39. The van der Waals surface area contributed by atoms with Gasteiger partial charge in [-0.3, -0.25) is 0 Å². The van der Waals surface area contributed by atoms with Gasteiger partial charge in [-0.2, -0.15) is 31.6 Å². The fourth-order valence-corrected chi connectivity index (χ4v) is 4.62. The summed E-state index contributed by atoms with van der Waals surface area (Å²) in [5, 5.41) is 20.1. The molecule has 212 valence electrons. The van der Waals surface area contributed by atoms with Crippen molar-refractivity contribution in [2.24, 2.45) is 0 Å². The fraction of sp³-hybridized carbons (Fsp3) is 0.296. The van der Waals surface area contributed by atoms with Crippen molar-refractivity contribution in [3.8, 4) is 17.7 Å². The van der Waals surface area contributed by atoms with Gasteiger partial charge in [0.05, 0.1) is 29.9 Å². The molecule has 3 aromatic rings. The highest BCUT2D eigenvalue weighted by atomic mass is 35.5. The largest absolute Gasteiger partial charge is 0.465 e. The normalized spacial score (nSPS) is 14.2. The maximum absolute atomic E-state index is 14.4. The van der Waals surface area contributed by atoms with Crippen LogP contribution in [0.1, 0.15) is 56.6 Å². The van der Waals surface area contributed by atoms with E-state index in [4.69, 9.17) is 16.3 Å². The van der Waals surface area contributed by atoms with E-state index in [1.165, 1.54) is 13.8 Å². The Bertz CT molecular complexity index is 1480. The summed E-state index contributed by atoms with van der Waals surface area (Å²) >= 11 is 6.27. The van der Waals surface area contributed by atoms with Crippen molar-refractivity contribution in [2.45, 2.75) is 44.6 Å². The Morgan fingerprint density at radius 2 is 1.68 bits per heavy atom. The summed E-state index contributed by atoms with van der Waals surface area (Å²) in [6.45, 7) is 4.01. The van der Waals surface area contributed by atoms with Gasteiger partial charge in [0.15, 0.2) is 5.60 Å². The van der Waals surface area contributed by atoms with Gasteiger partial charge in [0.2, 0.25) is 5.88 Å². The topological polar surface area (TPSA) is 92.4 Å². The number of aromatic nitrogens is 1. The maximum atomic E-state index is 14.4. The van der Waals surface area contributed by atoms with Gasteiger partial charge in [-0.15, -0.1) is 0 Å². The number of benzene rings is 2. The zero-order valence-corrected chi connectivity index (χ0v) is 22.1.